The largest absolute Gasteiger partial charge is 0.388 e. The summed E-state index contributed by atoms with van der Waals surface area (Å²) < 4.78 is 18.7. The van der Waals surface area contributed by atoms with Crippen LogP contribution in [0.3, 0.4) is 0 Å². The highest BCUT2D eigenvalue weighted by Gasteiger charge is 2.20. The lowest BCUT2D eigenvalue weighted by atomic mass is 9.97. The highest BCUT2D eigenvalue weighted by atomic mass is 19.1. The van der Waals surface area contributed by atoms with Gasteiger partial charge in [0.05, 0.1) is 6.10 Å². The minimum atomic E-state index is -0.586. The van der Waals surface area contributed by atoms with Gasteiger partial charge in [-0.2, -0.15) is 0 Å². The zero-order valence-corrected chi connectivity index (χ0v) is 13.0. The van der Waals surface area contributed by atoms with Gasteiger partial charge in [-0.3, -0.25) is 0 Å². The van der Waals surface area contributed by atoms with Crippen LogP contribution in [-0.2, 0) is 4.74 Å². The second-order valence-electron chi connectivity index (χ2n) is 6.05. The summed E-state index contributed by atoms with van der Waals surface area (Å²) in [6, 6.07) is 4.99. The average molecular weight is 295 g/mol. The molecule has 0 amide bonds. The molecule has 0 saturated carbocycles. The molecule has 1 N–H and O–H groups in total. The molecule has 1 aliphatic heterocycles. The van der Waals surface area contributed by atoms with Gasteiger partial charge in [-0.25, -0.2) is 4.39 Å². The summed E-state index contributed by atoms with van der Waals surface area (Å²) in [6.45, 7) is 5.55. The van der Waals surface area contributed by atoms with Crippen LogP contribution >= 0.6 is 0 Å². The van der Waals surface area contributed by atoms with Crippen LogP contribution in [0, 0.1) is 18.7 Å². The van der Waals surface area contributed by atoms with E-state index in [2.05, 4.69) is 4.90 Å². The first-order valence-electron chi connectivity index (χ1n) is 7.75. The Balaban J connectivity index is 1.76. The molecule has 0 radical (unpaired) electrons. The number of hydrogen-bond acceptors (Lipinski definition) is 3. The van der Waals surface area contributed by atoms with E-state index < -0.39 is 6.10 Å². The third-order valence-electron chi connectivity index (χ3n) is 4.41. The zero-order chi connectivity index (χ0) is 15.2. The van der Waals surface area contributed by atoms with Crippen LogP contribution in [0.25, 0.3) is 0 Å². The van der Waals surface area contributed by atoms with Crippen molar-refractivity contribution in [3.05, 3.63) is 35.1 Å². The standard InChI is InChI=1S/C17H26FNO2/c1-13-3-4-15(11-16(13)18)17(20)7-10-19-8-5-14(6-9-19)12-21-2/h3-4,11,14,17,20H,5-10,12H2,1-2H3. The molecule has 1 heterocycles. The quantitative estimate of drug-likeness (QED) is 0.876. The lowest BCUT2D eigenvalue weighted by Crippen LogP contribution is -2.36. The van der Waals surface area contributed by atoms with E-state index in [1.807, 2.05) is 6.07 Å². The molecule has 1 aliphatic rings. The number of likely N-dealkylation sites (tertiary alicyclic amines) is 1. The van der Waals surface area contributed by atoms with Crippen molar-refractivity contribution in [3.8, 4) is 0 Å². The fourth-order valence-electron chi connectivity index (χ4n) is 2.90. The lowest BCUT2D eigenvalue weighted by molar-refractivity contribution is 0.0869. The minimum Gasteiger partial charge on any atom is -0.388 e. The second kappa shape index (κ2) is 7.87. The Kier molecular flexibility index (Phi) is 6.15. The molecule has 1 saturated heterocycles. The van der Waals surface area contributed by atoms with Crippen molar-refractivity contribution in [2.24, 2.45) is 5.92 Å². The Morgan fingerprint density at radius 3 is 2.71 bits per heavy atom. The first-order chi connectivity index (χ1) is 10.1. The van der Waals surface area contributed by atoms with Crippen molar-refractivity contribution in [1.29, 1.82) is 0 Å². The highest BCUT2D eigenvalue weighted by molar-refractivity contribution is 5.24. The maximum absolute atomic E-state index is 13.5. The van der Waals surface area contributed by atoms with Gasteiger partial charge < -0.3 is 14.7 Å². The van der Waals surface area contributed by atoms with E-state index >= 15 is 0 Å². The minimum absolute atomic E-state index is 0.244. The van der Waals surface area contributed by atoms with Crippen LogP contribution in [0.4, 0.5) is 4.39 Å². The van der Waals surface area contributed by atoms with Crippen LogP contribution in [0.5, 0.6) is 0 Å². The van der Waals surface area contributed by atoms with Gasteiger partial charge in [0, 0.05) is 20.3 Å². The van der Waals surface area contributed by atoms with Gasteiger partial charge >= 0.3 is 0 Å². The van der Waals surface area contributed by atoms with Gasteiger partial charge in [-0.15, -0.1) is 0 Å². The Morgan fingerprint density at radius 2 is 2.10 bits per heavy atom. The molecular weight excluding hydrogens is 269 g/mol. The van der Waals surface area contributed by atoms with E-state index in [1.165, 1.54) is 6.07 Å². The van der Waals surface area contributed by atoms with E-state index in [1.54, 1.807) is 20.1 Å². The Bertz CT molecular complexity index is 444. The van der Waals surface area contributed by atoms with Crippen molar-refractivity contribution in [2.45, 2.75) is 32.3 Å². The Hall–Kier alpha value is -0.970. The number of aliphatic hydroxyl groups is 1. The van der Waals surface area contributed by atoms with Crippen molar-refractivity contribution in [3.63, 3.8) is 0 Å². The van der Waals surface area contributed by atoms with E-state index in [-0.39, 0.29) is 5.82 Å². The maximum atomic E-state index is 13.5. The topological polar surface area (TPSA) is 32.7 Å². The SMILES string of the molecule is COCC1CCN(CCC(O)c2ccc(C)c(F)c2)CC1. The molecule has 21 heavy (non-hydrogen) atoms. The van der Waals surface area contributed by atoms with Gasteiger partial charge in [0.15, 0.2) is 0 Å². The second-order valence-corrected chi connectivity index (χ2v) is 6.05. The molecule has 0 aromatic heterocycles. The molecule has 118 valence electrons. The summed E-state index contributed by atoms with van der Waals surface area (Å²) in [6.07, 6.45) is 2.38. The van der Waals surface area contributed by atoms with Gasteiger partial charge in [-0.05, 0) is 62.4 Å². The molecule has 1 fully saturated rings. The Morgan fingerprint density at radius 1 is 1.38 bits per heavy atom. The molecule has 1 atom stereocenters. The number of halogens is 1. The number of methoxy groups -OCH3 is 1. The number of aliphatic hydroxyl groups excluding tert-OH is 1. The predicted molar refractivity (Wildman–Crippen MR) is 81.8 cm³/mol. The van der Waals surface area contributed by atoms with Crippen molar-refractivity contribution >= 4 is 0 Å². The first kappa shape index (κ1) is 16.4. The summed E-state index contributed by atoms with van der Waals surface area (Å²) in [5.74, 6) is 0.425. The van der Waals surface area contributed by atoms with Gasteiger partial charge in [0.2, 0.25) is 0 Å². The summed E-state index contributed by atoms with van der Waals surface area (Å²) in [7, 11) is 1.75. The average Bonchev–Trinajstić information content (AvgIpc) is 2.49. The summed E-state index contributed by atoms with van der Waals surface area (Å²) in [4.78, 5) is 2.37. The summed E-state index contributed by atoms with van der Waals surface area (Å²) in [5.41, 5.74) is 1.29. The van der Waals surface area contributed by atoms with Gasteiger partial charge in [0.1, 0.15) is 5.82 Å². The molecule has 0 aliphatic carbocycles. The molecule has 2 rings (SSSR count). The molecule has 3 nitrogen and oxygen atoms in total. The molecule has 0 spiro atoms. The summed E-state index contributed by atoms with van der Waals surface area (Å²) >= 11 is 0. The molecule has 0 bridgehead atoms. The highest BCUT2D eigenvalue weighted by Crippen LogP contribution is 2.22. The fraction of sp³-hybridized carbons (Fsp3) is 0.647. The monoisotopic (exact) mass is 295 g/mol. The van der Waals surface area contributed by atoms with E-state index in [0.29, 0.717) is 23.5 Å². The third-order valence-corrected chi connectivity index (χ3v) is 4.41. The molecular formula is C17H26FNO2. The number of hydrogen-bond donors (Lipinski definition) is 1. The lowest BCUT2D eigenvalue weighted by Gasteiger charge is -2.32. The third kappa shape index (κ3) is 4.77. The van der Waals surface area contributed by atoms with Gasteiger partial charge in [0.25, 0.3) is 0 Å². The van der Waals surface area contributed by atoms with Crippen LogP contribution in [0.1, 0.15) is 36.5 Å². The Labute approximate surface area is 126 Å². The van der Waals surface area contributed by atoms with Crippen LogP contribution in [0.2, 0.25) is 0 Å². The van der Waals surface area contributed by atoms with Crippen LogP contribution < -0.4 is 0 Å². The number of ether oxygens (including phenoxy) is 1. The van der Waals surface area contributed by atoms with Crippen molar-refractivity contribution < 1.29 is 14.2 Å². The molecule has 4 heteroatoms. The molecule has 1 aromatic carbocycles. The number of piperidine rings is 1. The van der Waals surface area contributed by atoms with Crippen LogP contribution in [0.15, 0.2) is 18.2 Å². The predicted octanol–water partition coefficient (Wildman–Crippen LogP) is 2.92. The smallest absolute Gasteiger partial charge is 0.126 e. The number of nitrogens with zero attached hydrogens (tertiary/aromatic N) is 1. The summed E-state index contributed by atoms with van der Waals surface area (Å²) in [5, 5.41) is 10.2. The van der Waals surface area contributed by atoms with Gasteiger partial charge in [-0.1, -0.05) is 12.1 Å². The first-order valence-corrected chi connectivity index (χ1v) is 7.75. The fourth-order valence-corrected chi connectivity index (χ4v) is 2.90. The number of benzene rings is 1. The normalized spacial score (nSPS) is 18.9. The number of aryl methyl sites for hydroxylation is 1. The van der Waals surface area contributed by atoms with E-state index in [9.17, 15) is 9.50 Å². The van der Waals surface area contributed by atoms with Crippen molar-refractivity contribution in [1.82, 2.24) is 4.90 Å². The maximum Gasteiger partial charge on any atom is 0.126 e. The number of rotatable bonds is 6. The van der Waals surface area contributed by atoms with E-state index in [0.717, 1.165) is 39.1 Å². The zero-order valence-electron chi connectivity index (χ0n) is 13.0. The molecule has 1 unspecified atom stereocenters. The van der Waals surface area contributed by atoms with E-state index in [4.69, 9.17) is 4.74 Å². The molecule has 1 aromatic rings. The van der Waals surface area contributed by atoms with Crippen LogP contribution in [-0.4, -0.2) is 43.4 Å². The van der Waals surface area contributed by atoms with Crippen molar-refractivity contribution in [2.75, 3.05) is 33.4 Å².